The fourth-order valence-electron chi connectivity index (χ4n) is 9.42. The molecular formula is C44H25BN2. The van der Waals surface area contributed by atoms with Crippen LogP contribution >= 0.6 is 0 Å². The molecule has 0 saturated heterocycles. The quantitative estimate of drug-likeness (QED) is 0.182. The highest BCUT2D eigenvalue weighted by molar-refractivity contribution is 7.04. The lowest BCUT2D eigenvalue weighted by atomic mass is 9.29. The summed E-state index contributed by atoms with van der Waals surface area (Å²) in [7, 11) is 0. The fourth-order valence-corrected chi connectivity index (χ4v) is 9.42. The van der Waals surface area contributed by atoms with Gasteiger partial charge >= 0.3 is 0 Å². The predicted octanol–water partition coefficient (Wildman–Crippen LogP) is 9.35. The molecule has 3 heteroatoms. The largest absolute Gasteiger partial charge is 0.311 e. The summed E-state index contributed by atoms with van der Waals surface area (Å²) in [5, 5.41) is 8.04. The fraction of sp³-hybridized carbons (Fsp3) is 0. The molecule has 0 N–H and O–H groups in total. The second-order valence-corrected chi connectivity index (χ2v) is 13.2. The highest BCUT2D eigenvalue weighted by Crippen LogP contribution is 2.50. The van der Waals surface area contributed by atoms with Crippen molar-refractivity contribution in [3.8, 4) is 27.9 Å². The summed E-state index contributed by atoms with van der Waals surface area (Å²) in [6.07, 6.45) is 0. The van der Waals surface area contributed by atoms with E-state index in [-0.39, 0.29) is 6.71 Å². The molecule has 47 heavy (non-hydrogen) atoms. The van der Waals surface area contributed by atoms with Gasteiger partial charge in [-0.2, -0.15) is 0 Å². The Morgan fingerprint density at radius 1 is 0.404 bits per heavy atom. The molecule has 12 rings (SSSR count). The minimum absolute atomic E-state index is 0.144. The maximum atomic E-state index is 2.52. The monoisotopic (exact) mass is 592 g/mol. The van der Waals surface area contributed by atoms with Crippen molar-refractivity contribution >= 4 is 83.5 Å². The van der Waals surface area contributed by atoms with Gasteiger partial charge in [-0.15, -0.1) is 0 Å². The van der Waals surface area contributed by atoms with Crippen LogP contribution in [0.4, 0.5) is 17.1 Å². The van der Waals surface area contributed by atoms with Gasteiger partial charge in [0.1, 0.15) is 0 Å². The van der Waals surface area contributed by atoms with Crippen LogP contribution in [0, 0.1) is 0 Å². The van der Waals surface area contributed by atoms with Crippen LogP contribution in [0.25, 0.3) is 71.3 Å². The molecule has 0 amide bonds. The summed E-state index contributed by atoms with van der Waals surface area (Å²) < 4.78 is 2.48. The minimum atomic E-state index is 0.144. The van der Waals surface area contributed by atoms with Crippen molar-refractivity contribution in [2.75, 3.05) is 4.90 Å². The van der Waals surface area contributed by atoms with Gasteiger partial charge in [0.05, 0.1) is 11.0 Å². The average Bonchev–Trinajstić information content (AvgIpc) is 3.47. The van der Waals surface area contributed by atoms with Crippen molar-refractivity contribution in [3.05, 3.63) is 152 Å². The molecule has 0 atom stereocenters. The molecule has 4 heterocycles. The third-order valence-corrected chi connectivity index (χ3v) is 11.1. The van der Waals surface area contributed by atoms with E-state index in [4.69, 9.17) is 0 Å². The molecule has 0 radical (unpaired) electrons. The van der Waals surface area contributed by atoms with Gasteiger partial charge < -0.3 is 9.47 Å². The number of aromatic nitrogens is 1. The molecule has 214 valence electrons. The number of para-hydroxylation sites is 3. The third-order valence-electron chi connectivity index (χ3n) is 11.1. The van der Waals surface area contributed by atoms with E-state index in [2.05, 4.69) is 161 Å². The van der Waals surface area contributed by atoms with Crippen molar-refractivity contribution < 1.29 is 0 Å². The molecule has 0 saturated carbocycles. The van der Waals surface area contributed by atoms with Gasteiger partial charge in [0.25, 0.3) is 0 Å². The first-order valence-corrected chi connectivity index (χ1v) is 16.5. The highest BCUT2D eigenvalue weighted by atomic mass is 15.2. The first-order chi connectivity index (χ1) is 23.4. The van der Waals surface area contributed by atoms with Crippen LogP contribution in [0.3, 0.4) is 0 Å². The van der Waals surface area contributed by atoms with E-state index >= 15 is 0 Å². The minimum Gasteiger partial charge on any atom is -0.311 e. The summed E-state index contributed by atoms with van der Waals surface area (Å²) in [6, 6.07) is 56.6. The molecule has 0 aliphatic carbocycles. The van der Waals surface area contributed by atoms with Gasteiger partial charge in [0.2, 0.25) is 6.71 Å². The highest BCUT2D eigenvalue weighted by Gasteiger charge is 2.46. The summed E-state index contributed by atoms with van der Waals surface area (Å²) in [5.41, 5.74) is 17.3. The second kappa shape index (κ2) is 8.40. The Hall–Kier alpha value is -6.06. The van der Waals surface area contributed by atoms with Crippen molar-refractivity contribution in [1.29, 1.82) is 0 Å². The Bertz CT molecular complexity index is 2850. The van der Waals surface area contributed by atoms with Crippen LogP contribution in [0.2, 0.25) is 0 Å². The summed E-state index contributed by atoms with van der Waals surface area (Å²) in [4.78, 5) is 2.52. The zero-order valence-corrected chi connectivity index (χ0v) is 25.4. The lowest BCUT2D eigenvalue weighted by molar-refractivity contribution is 1.18. The number of fused-ring (bicyclic) bond motifs is 6. The standard InChI is InChI=1S/C44H25BN2/c1-3-13-28(14-4-1)46-34-20-8-7-17-31(34)40-37(46)25-33-30-18-9-11-26-21-23-35-43(38(26)30)45-42(33)41(40)32-19-10-12-27-22-24-36(44(45)39(27)32)47(35)29-15-5-2-6-16-29/h1-25H. The van der Waals surface area contributed by atoms with Crippen molar-refractivity contribution in [1.82, 2.24) is 4.57 Å². The number of nitrogens with zero attached hydrogens (tertiary/aromatic N) is 2. The van der Waals surface area contributed by atoms with E-state index in [1.165, 1.54) is 105 Å². The molecule has 3 aliphatic heterocycles. The molecule has 0 unspecified atom stereocenters. The van der Waals surface area contributed by atoms with E-state index in [9.17, 15) is 0 Å². The molecule has 9 aromatic rings. The lowest BCUT2D eigenvalue weighted by Gasteiger charge is -2.43. The van der Waals surface area contributed by atoms with E-state index in [0.717, 1.165) is 0 Å². The van der Waals surface area contributed by atoms with E-state index in [0.29, 0.717) is 0 Å². The van der Waals surface area contributed by atoms with Gasteiger partial charge in [-0.25, -0.2) is 0 Å². The molecular weight excluding hydrogens is 567 g/mol. The number of hydrogen-bond acceptors (Lipinski definition) is 1. The molecule has 0 spiro atoms. The smallest absolute Gasteiger partial charge is 0.249 e. The SMILES string of the molecule is c1ccc(N2c3ccc4cccc5c4c3B3c4c-5cc5c(c4-c4cccc6ccc2c3c46)c2ccccc2n5-c2ccccc2)cc1. The molecule has 0 fully saturated rings. The van der Waals surface area contributed by atoms with Crippen LogP contribution < -0.4 is 21.3 Å². The second-order valence-electron chi connectivity index (χ2n) is 13.2. The molecule has 8 aromatic carbocycles. The number of benzene rings is 8. The van der Waals surface area contributed by atoms with Gasteiger partial charge in [-0.1, -0.05) is 109 Å². The Balaban J connectivity index is 1.37. The Kier molecular flexibility index (Phi) is 4.33. The van der Waals surface area contributed by atoms with Crippen LogP contribution in [-0.2, 0) is 0 Å². The molecule has 0 bridgehead atoms. The first kappa shape index (κ1) is 24.2. The number of anilines is 3. The maximum Gasteiger partial charge on any atom is 0.249 e. The topological polar surface area (TPSA) is 8.17 Å². The Morgan fingerprint density at radius 3 is 1.74 bits per heavy atom. The average molecular weight is 593 g/mol. The van der Waals surface area contributed by atoms with E-state index < -0.39 is 0 Å². The van der Waals surface area contributed by atoms with Crippen LogP contribution in [-0.4, -0.2) is 11.3 Å². The summed E-state index contributed by atoms with van der Waals surface area (Å²) in [6.45, 7) is 0.144. The lowest BCUT2D eigenvalue weighted by Crippen LogP contribution is -2.61. The van der Waals surface area contributed by atoms with Crippen LogP contribution in [0.5, 0.6) is 0 Å². The Labute approximate surface area is 271 Å². The number of rotatable bonds is 2. The summed E-state index contributed by atoms with van der Waals surface area (Å²) in [5.74, 6) is 0. The Morgan fingerprint density at radius 2 is 1.02 bits per heavy atom. The predicted molar refractivity (Wildman–Crippen MR) is 200 cm³/mol. The summed E-state index contributed by atoms with van der Waals surface area (Å²) >= 11 is 0. The molecule has 3 aliphatic rings. The van der Waals surface area contributed by atoms with Gasteiger partial charge in [-0.05, 0) is 103 Å². The van der Waals surface area contributed by atoms with Crippen molar-refractivity contribution in [2.45, 2.75) is 0 Å². The molecule has 1 aromatic heterocycles. The zero-order chi connectivity index (χ0) is 30.4. The van der Waals surface area contributed by atoms with Crippen molar-refractivity contribution in [2.24, 2.45) is 0 Å². The number of hydrogen-bond donors (Lipinski definition) is 0. The van der Waals surface area contributed by atoms with Crippen molar-refractivity contribution in [3.63, 3.8) is 0 Å². The zero-order valence-electron chi connectivity index (χ0n) is 25.4. The van der Waals surface area contributed by atoms with Crippen LogP contribution in [0.1, 0.15) is 0 Å². The van der Waals surface area contributed by atoms with Gasteiger partial charge in [0, 0.05) is 33.5 Å². The normalized spacial score (nSPS) is 13.4. The maximum absolute atomic E-state index is 2.52. The van der Waals surface area contributed by atoms with Gasteiger partial charge in [-0.3, -0.25) is 0 Å². The van der Waals surface area contributed by atoms with E-state index in [1.54, 1.807) is 0 Å². The molecule has 2 nitrogen and oxygen atoms in total. The van der Waals surface area contributed by atoms with Crippen LogP contribution in [0.15, 0.2) is 152 Å². The van der Waals surface area contributed by atoms with Gasteiger partial charge in [0.15, 0.2) is 0 Å². The first-order valence-electron chi connectivity index (χ1n) is 16.5. The van der Waals surface area contributed by atoms with E-state index in [1.807, 2.05) is 0 Å². The third kappa shape index (κ3) is 2.81.